The first-order valence-electron chi connectivity index (χ1n) is 9.76. The zero-order valence-electron chi connectivity index (χ0n) is 16.2. The first kappa shape index (κ1) is 18.3. The Labute approximate surface area is 163 Å². The van der Waals surface area contributed by atoms with Crippen LogP contribution in [0.4, 0.5) is 0 Å². The van der Waals surface area contributed by atoms with Gasteiger partial charge in [0.1, 0.15) is 17.8 Å². The number of aromatic nitrogens is 5. The van der Waals surface area contributed by atoms with Crippen molar-refractivity contribution in [1.82, 2.24) is 29.6 Å². The van der Waals surface area contributed by atoms with Crippen molar-refractivity contribution in [2.45, 2.75) is 39.5 Å². The van der Waals surface area contributed by atoms with Crippen molar-refractivity contribution >= 4 is 5.91 Å². The molecule has 3 aromatic heterocycles. The highest BCUT2D eigenvalue weighted by molar-refractivity contribution is 5.92. The number of likely N-dealkylation sites (tertiary alicyclic amines) is 1. The Kier molecular flexibility index (Phi) is 5.18. The standard InChI is InChI=1S/C20H24N6O2/c1-3-5-17-23-19(28-24-17)15-7-8-21-18(10-15)26-12-16(22-13-26)20(27)25-9-4-6-14(2)11-25/h7-8,10,12-14H,3-6,9,11H2,1-2H3/t14-/m0/s1. The maximum atomic E-state index is 12.7. The molecule has 0 radical (unpaired) electrons. The number of carbonyl (C=O) groups is 1. The van der Waals surface area contributed by atoms with Gasteiger partial charge in [-0.1, -0.05) is 19.0 Å². The molecule has 8 heteroatoms. The number of aryl methyl sites for hydroxylation is 1. The second-order valence-corrected chi connectivity index (χ2v) is 7.33. The van der Waals surface area contributed by atoms with Gasteiger partial charge in [0.15, 0.2) is 5.82 Å². The summed E-state index contributed by atoms with van der Waals surface area (Å²) in [4.78, 5) is 27.7. The van der Waals surface area contributed by atoms with Crippen LogP contribution in [0.5, 0.6) is 0 Å². The van der Waals surface area contributed by atoms with Crippen LogP contribution in [0.3, 0.4) is 0 Å². The molecule has 4 rings (SSSR count). The van der Waals surface area contributed by atoms with Crippen LogP contribution in [0.25, 0.3) is 17.3 Å². The third-order valence-electron chi connectivity index (χ3n) is 4.94. The lowest BCUT2D eigenvalue weighted by atomic mass is 10.0. The fourth-order valence-electron chi connectivity index (χ4n) is 3.48. The molecular formula is C20H24N6O2. The van der Waals surface area contributed by atoms with E-state index < -0.39 is 0 Å². The van der Waals surface area contributed by atoms with Gasteiger partial charge < -0.3 is 9.42 Å². The Morgan fingerprint density at radius 2 is 2.25 bits per heavy atom. The summed E-state index contributed by atoms with van der Waals surface area (Å²) < 4.78 is 7.10. The molecule has 1 atom stereocenters. The first-order chi connectivity index (χ1) is 13.6. The van der Waals surface area contributed by atoms with E-state index in [1.165, 1.54) is 6.42 Å². The predicted molar refractivity (Wildman–Crippen MR) is 103 cm³/mol. The fraction of sp³-hybridized carbons (Fsp3) is 0.450. The van der Waals surface area contributed by atoms with Crippen LogP contribution in [0.2, 0.25) is 0 Å². The minimum Gasteiger partial charge on any atom is -0.337 e. The maximum absolute atomic E-state index is 12.7. The predicted octanol–water partition coefficient (Wildman–Crippen LogP) is 3.14. The van der Waals surface area contributed by atoms with Crippen LogP contribution in [-0.4, -0.2) is 48.6 Å². The summed E-state index contributed by atoms with van der Waals surface area (Å²) >= 11 is 0. The number of pyridine rings is 1. The molecular weight excluding hydrogens is 356 g/mol. The topological polar surface area (TPSA) is 89.9 Å². The second kappa shape index (κ2) is 7.92. The van der Waals surface area contributed by atoms with Crippen molar-refractivity contribution in [2.75, 3.05) is 13.1 Å². The molecule has 0 N–H and O–H groups in total. The summed E-state index contributed by atoms with van der Waals surface area (Å²) in [6.45, 7) is 5.83. The molecule has 1 fully saturated rings. The van der Waals surface area contributed by atoms with Crippen molar-refractivity contribution in [3.63, 3.8) is 0 Å². The highest BCUT2D eigenvalue weighted by atomic mass is 16.5. The number of amides is 1. The maximum Gasteiger partial charge on any atom is 0.274 e. The molecule has 1 saturated heterocycles. The number of nitrogens with zero attached hydrogens (tertiary/aromatic N) is 6. The first-order valence-corrected chi connectivity index (χ1v) is 9.76. The fourth-order valence-corrected chi connectivity index (χ4v) is 3.48. The van der Waals surface area contributed by atoms with Gasteiger partial charge in [-0.25, -0.2) is 9.97 Å². The molecule has 146 valence electrons. The van der Waals surface area contributed by atoms with E-state index >= 15 is 0 Å². The number of piperidine rings is 1. The summed E-state index contributed by atoms with van der Waals surface area (Å²) in [5.74, 6) is 2.31. The van der Waals surface area contributed by atoms with Gasteiger partial charge in [-0.3, -0.25) is 9.36 Å². The number of imidazole rings is 1. The summed E-state index contributed by atoms with van der Waals surface area (Å²) in [7, 11) is 0. The van der Waals surface area contributed by atoms with Crippen LogP contribution < -0.4 is 0 Å². The van der Waals surface area contributed by atoms with E-state index in [4.69, 9.17) is 4.52 Å². The molecule has 8 nitrogen and oxygen atoms in total. The summed E-state index contributed by atoms with van der Waals surface area (Å²) in [5, 5.41) is 3.99. The monoisotopic (exact) mass is 380 g/mol. The van der Waals surface area contributed by atoms with Crippen LogP contribution in [0.1, 0.15) is 49.4 Å². The Hall–Kier alpha value is -3.03. The molecule has 0 aliphatic carbocycles. The molecule has 1 aliphatic heterocycles. The van der Waals surface area contributed by atoms with Crippen molar-refractivity contribution in [2.24, 2.45) is 5.92 Å². The summed E-state index contributed by atoms with van der Waals surface area (Å²) in [5.41, 5.74) is 1.22. The Bertz CT molecular complexity index is 963. The number of hydrogen-bond acceptors (Lipinski definition) is 6. The van der Waals surface area contributed by atoms with E-state index in [9.17, 15) is 4.79 Å². The normalized spacial score (nSPS) is 17.1. The molecule has 3 aromatic rings. The number of hydrogen-bond donors (Lipinski definition) is 0. The largest absolute Gasteiger partial charge is 0.337 e. The molecule has 4 heterocycles. The lowest BCUT2D eigenvalue weighted by Gasteiger charge is -2.30. The van der Waals surface area contributed by atoms with Gasteiger partial charge in [0.25, 0.3) is 11.8 Å². The zero-order chi connectivity index (χ0) is 19.5. The van der Waals surface area contributed by atoms with Crippen molar-refractivity contribution in [1.29, 1.82) is 0 Å². The Morgan fingerprint density at radius 1 is 1.36 bits per heavy atom. The molecule has 28 heavy (non-hydrogen) atoms. The molecule has 1 aliphatic rings. The van der Waals surface area contributed by atoms with E-state index in [1.54, 1.807) is 23.3 Å². The summed E-state index contributed by atoms with van der Waals surface area (Å²) in [6.07, 6.45) is 8.98. The zero-order valence-corrected chi connectivity index (χ0v) is 16.2. The molecule has 0 bridgehead atoms. The highest BCUT2D eigenvalue weighted by Gasteiger charge is 2.23. The highest BCUT2D eigenvalue weighted by Crippen LogP contribution is 2.21. The third-order valence-corrected chi connectivity index (χ3v) is 4.94. The van der Waals surface area contributed by atoms with Crippen molar-refractivity contribution < 1.29 is 9.32 Å². The van der Waals surface area contributed by atoms with Crippen LogP contribution in [-0.2, 0) is 6.42 Å². The van der Waals surface area contributed by atoms with Gasteiger partial charge in [-0.15, -0.1) is 0 Å². The van der Waals surface area contributed by atoms with E-state index in [1.807, 2.05) is 17.0 Å². The Balaban J connectivity index is 1.54. The van der Waals surface area contributed by atoms with Gasteiger partial charge in [0.2, 0.25) is 0 Å². The molecule has 1 amide bonds. The minimum absolute atomic E-state index is 0.0254. The van der Waals surface area contributed by atoms with E-state index in [0.29, 0.717) is 29.1 Å². The quantitative estimate of drug-likeness (QED) is 0.675. The summed E-state index contributed by atoms with van der Waals surface area (Å²) in [6, 6.07) is 3.67. The van der Waals surface area contributed by atoms with E-state index in [0.717, 1.165) is 37.9 Å². The molecule has 0 saturated carbocycles. The van der Waals surface area contributed by atoms with Crippen molar-refractivity contribution in [3.05, 3.63) is 42.4 Å². The SMILES string of the molecule is CCCc1noc(-c2ccnc(-n3cnc(C(=O)N4CCC[C@H](C)C4)c3)c2)n1. The minimum atomic E-state index is -0.0254. The van der Waals surface area contributed by atoms with Crippen molar-refractivity contribution in [3.8, 4) is 17.3 Å². The molecule has 0 aromatic carbocycles. The van der Waals surface area contributed by atoms with Crippen LogP contribution in [0, 0.1) is 5.92 Å². The van der Waals surface area contributed by atoms with Gasteiger partial charge in [0, 0.05) is 37.5 Å². The molecule has 0 spiro atoms. The lowest BCUT2D eigenvalue weighted by molar-refractivity contribution is 0.0677. The third kappa shape index (κ3) is 3.81. The molecule has 0 unspecified atom stereocenters. The van der Waals surface area contributed by atoms with Gasteiger partial charge in [-0.2, -0.15) is 4.98 Å². The van der Waals surface area contributed by atoms with Gasteiger partial charge >= 0.3 is 0 Å². The van der Waals surface area contributed by atoms with E-state index in [2.05, 4.69) is 34.0 Å². The number of carbonyl (C=O) groups excluding carboxylic acids is 1. The average molecular weight is 380 g/mol. The van der Waals surface area contributed by atoms with Crippen LogP contribution in [0.15, 0.2) is 35.4 Å². The smallest absolute Gasteiger partial charge is 0.274 e. The van der Waals surface area contributed by atoms with E-state index in [-0.39, 0.29) is 5.91 Å². The lowest BCUT2D eigenvalue weighted by Crippen LogP contribution is -2.39. The van der Waals surface area contributed by atoms with Gasteiger partial charge in [-0.05, 0) is 37.3 Å². The Morgan fingerprint density at radius 3 is 3.07 bits per heavy atom. The van der Waals surface area contributed by atoms with Gasteiger partial charge in [0.05, 0.1) is 0 Å². The van der Waals surface area contributed by atoms with Crippen LogP contribution >= 0.6 is 0 Å². The average Bonchev–Trinajstić information content (AvgIpc) is 3.38. The second-order valence-electron chi connectivity index (χ2n) is 7.33. The number of rotatable bonds is 5.